The number of nitro groups is 1. The average molecular weight is 406 g/mol. The van der Waals surface area contributed by atoms with Crippen LogP contribution in [0, 0.1) is 26.6 Å². The number of nitrogens with zero attached hydrogens (tertiary/aromatic N) is 5. The second-order valence-electron chi connectivity index (χ2n) is 6.41. The average Bonchev–Trinajstić information content (AvgIpc) is 2.56. The molecule has 28 heavy (non-hydrogen) atoms. The van der Waals surface area contributed by atoms with Gasteiger partial charge in [-0.2, -0.15) is 10.2 Å². The van der Waals surface area contributed by atoms with Crippen molar-refractivity contribution in [2.24, 2.45) is 0 Å². The Hall–Kier alpha value is -3.46. The predicted octanol–water partition coefficient (Wildman–Crippen LogP) is 4.12. The molecule has 2 aromatic rings. The van der Waals surface area contributed by atoms with Gasteiger partial charge in [0.1, 0.15) is 17.4 Å². The number of nitrogens with one attached hydrogen (secondary N) is 1. The lowest BCUT2D eigenvalue weighted by atomic mass is 10.0. The van der Waals surface area contributed by atoms with Crippen molar-refractivity contribution >= 4 is 40.9 Å². The quantitative estimate of drug-likeness (QED) is 0.246. The number of thiocyanates is 1. The van der Waals surface area contributed by atoms with Crippen molar-refractivity contribution < 1.29 is 19.2 Å². The van der Waals surface area contributed by atoms with Gasteiger partial charge >= 0.3 is 11.8 Å². The van der Waals surface area contributed by atoms with E-state index in [1.807, 2.05) is 0 Å². The number of rotatable bonds is 5. The van der Waals surface area contributed by atoms with Gasteiger partial charge in [-0.1, -0.05) is 0 Å². The van der Waals surface area contributed by atoms with Gasteiger partial charge in [0.05, 0.1) is 16.3 Å². The van der Waals surface area contributed by atoms with Gasteiger partial charge in [0, 0.05) is 17.3 Å². The minimum Gasteiger partial charge on any atom is -0.465 e. The van der Waals surface area contributed by atoms with Gasteiger partial charge in [0.25, 0.3) is 0 Å². The van der Waals surface area contributed by atoms with Crippen LogP contribution < -0.4 is 10.2 Å². The van der Waals surface area contributed by atoms with Crippen LogP contribution in [0.5, 0.6) is 0 Å². The van der Waals surface area contributed by atoms with Gasteiger partial charge in [0.2, 0.25) is 5.95 Å². The molecule has 1 aromatic heterocycles. The highest BCUT2D eigenvalue weighted by Crippen LogP contribution is 2.34. The van der Waals surface area contributed by atoms with Crippen molar-refractivity contribution in [3.63, 3.8) is 0 Å². The Morgan fingerprint density at radius 1 is 1.46 bits per heavy atom. The molecule has 2 N–H and O–H groups in total. The summed E-state index contributed by atoms with van der Waals surface area (Å²) >= 11 is 0.472. The Kier molecular flexibility index (Phi) is 5.99. The molecular formula is C16H15FN6O4S. The number of aromatic nitrogens is 2. The van der Waals surface area contributed by atoms with Crippen LogP contribution in [0.3, 0.4) is 0 Å². The molecule has 0 bridgehead atoms. The number of hydrogen-bond donors (Lipinski definition) is 2. The van der Waals surface area contributed by atoms with Gasteiger partial charge in [-0.3, -0.25) is 15.0 Å². The summed E-state index contributed by atoms with van der Waals surface area (Å²) in [6, 6.07) is 3.45. The number of carboxylic acid groups (broad SMARTS) is 1. The summed E-state index contributed by atoms with van der Waals surface area (Å²) in [5.74, 6) is -0.798. The molecule has 0 saturated heterocycles. The maximum atomic E-state index is 13.8. The van der Waals surface area contributed by atoms with Gasteiger partial charge in [-0.15, -0.1) is 0 Å². The van der Waals surface area contributed by atoms with Gasteiger partial charge < -0.3 is 10.4 Å². The zero-order valence-electron chi connectivity index (χ0n) is 15.0. The molecule has 1 amide bonds. The highest BCUT2D eigenvalue weighted by molar-refractivity contribution is 8.03. The first kappa shape index (κ1) is 20.8. The largest absolute Gasteiger partial charge is 0.465 e. The molecule has 1 aromatic carbocycles. The number of nitriles is 1. The van der Waals surface area contributed by atoms with E-state index < -0.39 is 28.1 Å². The zero-order chi connectivity index (χ0) is 21.1. The summed E-state index contributed by atoms with van der Waals surface area (Å²) in [6.45, 7) is 4.99. The summed E-state index contributed by atoms with van der Waals surface area (Å²) in [4.78, 5) is 30.8. The Morgan fingerprint density at radius 2 is 2.14 bits per heavy atom. The lowest BCUT2D eigenvalue weighted by molar-refractivity contribution is -0.388. The van der Waals surface area contributed by atoms with E-state index in [0.717, 1.165) is 23.2 Å². The van der Waals surface area contributed by atoms with Crippen LogP contribution in [0.1, 0.15) is 20.8 Å². The first-order valence-electron chi connectivity index (χ1n) is 7.71. The van der Waals surface area contributed by atoms with E-state index in [2.05, 4.69) is 15.3 Å². The monoisotopic (exact) mass is 406 g/mol. The van der Waals surface area contributed by atoms with Crippen molar-refractivity contribution in [1.82, 2.24) is 9.97 Å². The van der Waals surface area contributed by atoms with E-state index in [0.29, 0.717) is 11.8 Å². The Labute approximate surface area is 163 Å². The second-order valence-corrected chi connectivity index (χ2v) is 7.18. The van der Waals surface area contributed by atoms with Crippen molar-refractivity contribution in [1.29, 1.82) is 5.26 Å². The van der Waals surface area contributed by atoms with E-state index in [9.17, 15) is 24.4 Å². The van der Waals surface area contributed by atoms with Crippen LogP contribution in [0.4, 0.5) is 32.2 Å². The summed E-state index contributed by atoms with van der Waals surface area (Å²) < 4.78 is 13.8. The molecule has 0 saturated carbocycles. The van der Waals surface area contributed by atoms with E-state index >= 15 is 0 Å². The molecule has 2 rings (SSSR count). The number of benzene rings is 1. The Morgan fingerprint density at radius 3 is 2.68 bits per heavy atom. The predicted molar refractivity (Wildman–Crippen MR) is 100 cm³/mol. The smallest absolute Gasteiger partial charge is 0.412 e. The molecule has 0 radical (unpaired) electrons. The standard InChI is InChI=1S/C16H15FN6O4S/c1-16(2,3)22(15(24)25)11-5-4-9(17)6-10(11)20-14-19-7-12(23(26)27)13(21-14)28-8-18/h4-7H,1-3H3,(H,24,25)(H,19,20,21). The van der Waals surface area contributed by atoms with Gasteiger partial charge in [-0.05, 0) is 39.0 Å². The van der Waals surface area contributed by atoms with Crippen molar-refractivity contribution in [2.45, 2.75) is 31.3 Å². The first-order valence-corrected chi connectivity index (χ1v) is 8.53. The molecule has 0 spiro atoms. The van der Waals surface area contributed by atoms with Crippen LogP contribution >= 0.6 is 11.8 Å². The Balaban J connectivity index is 2.54. The lowest BCUT2D eigenvalue weighted by Crippen LogP contribution is -2.45. The molecule has 146 valence electrons. The third-order valence-corrected chi connectivity index (χ3v) is 3.97. The first-order chi connectivity index (χ1) is 13.0. The maximum Gasteiger partial charge on any atom is 0.412 e. The summed E-state index contributed by atoms with van der Waals surface area (Å²) in [7, 11) is 0. The number of hydrogen-bond acceptors (Lipinski definition) is 8. The molecule has 1 heterocycles. The Bertz CT molecular complexity index is 973. The number of amides is 1. The van der Waals surface area contributed by atoms with Crippen LogP contribution in [-0.2, 0) is 0 Å². The van der Waals surface area contributed by atoms with Gasteiger partial charge in [-0.25, -0.2) is 14.2 Å². The SMILES string of the molecule is CC(C)(C)N(C(=O)O)c1ccc(F)cc1Nc1ncc([N+](=O)[O-])c(SC#N)n1. The molecule has 0 aliphatic rings. The van der Waals surface area contributed by atoms with Crippen LogP contribution in [-0.4, -0.2) is 31.6 Å². The van der Waals surface area contributed by atoms with Crippen molar-refractivity contribution in [3.8, 4) is 5.40 Å². The van der Waals surface area contributed by atoms with E-state index in [1.54, 1.807) is 26.2 Å². The molecule has 0 aliphatic carbocycles. The van der Waals surface area contributed by atoms with E-state index in [1.165, 1.54) is 6.07 Å². The zero-order valence-corrected chi connectivity index (χ0v) is 15.8. The molecule has 12 heteroatoms. The summed E-state index contributed by atoms with van der Waals surface area (Å²) in [5, 5.41) is 33.6. The van der Waals surface area contributed by atoms with Crippen LogP contribution in [0.15, 0.2) is 29.4 Å². The molecule has 0 unspecified atom stereocenters. The fourth-order valence-electron chi connectivity index (χ4n) is 2.34. The summed E-state index contributed by atoms with van der Waals surface area (Å²) in [6.07, 6.45) is -0.348. The lowest BCUT2D eigenvalue weighted by Gasteiger charge is -2.34. The third kappa shape index (κ3) is 4.63. The number of thioether (sulfide) groups is 1. The van der Waals surface area contributed by atoms with E-state index in [-0.39, 0.29) is 22.3 Å². The highest BCUT2D eigenvalue weighted by atomic mass is 32.2. The minimum atomic E-state index is -1.26. The number of anilines is 3. The molecule has 0 atom stereocenters. The van der Waals surface area contributed by atoms with Crippen molar-refractivity contribution in [2.75, 3.05) is 10.2 Å². The number of halogens is 1. The van der Waals surface area contributed by atoms with E-state index in [4.69, 9.17) is 5.26 Å². The topological polar surface area (TPSA) is 145 Å². The fraction of sp³-hybridized carbons (Fsp3) is 0.250. The summed E-state index contributed by atoms with van der Waals surface area (Å²) in [5.41, 5.74) is -1.13. The molecule has 10 nitrogen and oxygen atoms in total. The normalized spacial score (nSPS) is 10.8. The minimum absolute atomic E-state index is 0.0408. The third-order valence-electron chi connectivity index (χ3n) is 3.38. The van der Waals surface area contributed by atoms with Gasteiger partial charge in [0.15, 0.2) is 5.03 Å². The maximum absolute atomic E-state index is 13.8. The highest BCUT2D eigenvalue weighted by Gasteiger charge is 2.30. The molecule has 0 aliphatic heterocycles. The van der Waals surface area contributed by atoms with Crippen LogP contribution in [0.25, 0.3) is 0 Å². The second kappa shape index (κ2) is 8.05. The molecule has 0 fully saturated rings. The number of carbonyl (C=O) groups is 1. The molecular weight excluding hydrogens is 391 g/mol. The van der Waals surface area contributed by atoms with Crippen LogP contribution in [0.2, 0.25) is 0 Å². The fourth-order valence-corrected chi connectivity index (χ4v) is 2.79. The van der Waals surface area contributed by atoms with Crippen molar-refractivity contribution in [3.05, 3.63) is 40.3 Å².